The van der Waals surface area contributed by atoms with Crippen molar-refractivity contribution in [3.8, 4) is 11.6 Å². The van der Waals surface area contributed by atoms with Crippen LogP contribution in [0.4, 0.5) is 5.69 Å². The molecule has 0 fully saturated rings. The van der Waals surface area contributed by atoms with Gasteiger partial charge in [0.1, 0.15) is 5.84 Å². The summed E-state index contributed by atoms with van der Waals surface area (Å²) in [5.74, 6) is -0.0652. The Morgan fingerprint density at radius 1 is 1.33 bits per heavy atom. The van der Waals surface area contributed by atoms with E-state index in [9.17, 15) is 10.1 Å². The maximum absolute atomic E-state index is 11.2. The van der Waals surface area contributed by atoms with Gasteiger partial charge in [0.15, 0.2) is 0 Å². The van der Waals surface area contributed by atoms with Gasteiger partial charge in [-0.25, -0.2) is 4.98 Å². The molecule has 7 nitrogen and oxygen atoms in total. The SMILES string of the molecule is Cc1ccc(C(=N)N)c(Oc2cccc(C)c2[N+](=O)[O-])n1. The average Bonchev–Trinajstić information content (AvgIpc) is 2.37. The first-order valence-electron chi connectivity index (χ1n) is 6.14. The fraction of sp³-hybridized carbons (Fsp3) is 0.143. The Morgan fingerprint density at radius 3 is 2.67 bits per heavy atom. The van der Waals surface area contributed by atoms with Crippen molar-refractivity contribution in [2.24, 2.45) is 5.73 Å². The second-order valence-corrected chi connectivity index (χ2v) is 4.50. The van der Waals surface area contributed by atoms with Gasteiger partial charge in [-0.15, -0.1) is 0 Å². The number of benzene rings is 1. The number of nitrogens with one attached hydrogen (secondary N) is 1. The standard InChI is InChI=1S/C14H14N4O3/c1-8-4-3-5-11(12(8)18(19)20)21-14-10(13(15)16)7-6-9(2)17-14/h3-7H,1-2H3,(H3,15,16). The van der Waals surface area contributed by atoms with Gasteiger partial charge in [-0.3, -0.25) is 15.5 Å². The highest BCUT2D eigenvalue weighted by molar-refractivity contribution is 5.97. The van der Waals surface area contributed by atoms with Crippen LogP contribution in [-0.2, 0) is 0 Å². The van der Waals surface area contributed by atoms with Crippen LogP contribution in [0.2, 0.25) is 0 Å². The van der Waals surface area contributed by atoms with Gasteiger partial charge >= 0.3 is 5.69 Å². The molecule has 7 heteroatoms. The quantitative estimate of drug-likeness (QED) is 0.388. The number of nitro groups is 1. The molecule has 0 saturated heterocycles. The number of amidine groups is 1. The van der Waals surface area contributed by atoms with Crippen LogP contribution in [0.1, 0.15) is 16.8 Å². The van der Waals surface area contributed by atoms with E-state index in [-0.39, 0.29) is 28.7 Å². The van der Waals surface area contributed by atoms with Gasteiger partial charge in [0.2, 0.25) is 11.6 Å². The third-order valence-corrected chi connectivity index (χ3v) is 2.88. The summed E-state index contributed by atoms with van der Waals surface area (Å²) in [6.45, 7) is 3.38. The number of aromatic nitrogens is 1. The molecule has 0 amide bonds. The molecule has 0 aliphatic carbocycles. The molecule has 0 aliphatic rings. The van der Waals surface area contributed by atoms with Crippen molar-refractivity contribution in [2.45, 2.75) is 13.8 Å². The minimum Gasteiger partial charge on any atom is -0.431 e. The number of nitrogens with zero attached hydrogens (tertiary/aromatic N) is 2. The fourth-order valence-corrected chi connectivity index (χ4v) is 1.87. The molecule has 0 bridgehead atoms. The summed E-state index contributed by atoms with van der Waals surface area (Å²) in [6, 6.07) is 8.05. The van der Waals surface area contributed by atoms with Crippen molar-refractivity contribution in [1.82, 2.24) is 4.98 Å². The number of nitro benzene ring substituents is 1. The molecule has 0 spiro atoms. The second kappa shape index (κ2) is 5.58. The molecular weight excluding hydrogens is 272 g/mol. The van der Waals surface area contributed by atoms with Crippen LogP contribution < -0.4 is 10.5 Å². The van der Waals surface area contributed by atoms with E-state index < -0.39 is 4.92 Å². The van der Waals surface area contributed by atoms with E-state index in [0.717, 1.165) is 0 Å². The van der Waals surface area contributed by atoms with Crippen molar-refractivity contribution >= 4 is 11.5 Å². The molecule has 2 rings (SSSR count). The lowest BCUT2D eigenvalue weighted by Crippen LogP contribution is -2.13. The number of para-hydroxylation sites is 1. The summed E-state index contributed by atoms with van der Waals surface area (Å²) >= 11 is 0. The molecule has 1 aromatic heterocycles. The maximum Gasteiger partial charge on any atom is 0.314 e. The van der Waals surface area contributed by atoms with E-state index >= 15 is 0 Å². The number of nitrogen functional groups attached to an aromatic ring is 1. The van der Waals surface area contributed by atoms with Crippen LogP contribution in [0.15, 0.2) is 30.3 Å². The van der Waals surface area contributed by atoms with Crippen LogP contribution in [0.5, 0.6) is 11.6 Å². The van der Waals surface area contributed by atoms with Gasteiger partial charge in [-0.2, -0.15) is 0 Å². The minimum atomic E-state index is -0.506. The molecule has 1 heterocycles. The lowest BCUT2D eigenvalue weighted by atomic mass is 10.2. The first-order valence-corrected chi connectivity index (χ1v) is 6.14. The highest BCUT2D eigenvalue weighted by Gasteiger charge is 2.20. The molecule has 0 atom stereocenters. The summed E-state index contributed by atoms with van der Waals surface area (Å²) in [7, 11) is 0. The number of ether oxygens (including phenoxy) is 1. The summed E-state index contributed by atoms with van der Waals surface area (Å²) in [6.07, 6.45) is 0. The zero-order valence-electron chi connectivity index (χ0n) is 11.6. The Balaban J connectivity index is 2.53. The normalized spacial score (nSPS) is 10.2. The predicted octanol–water partition coefficient (Wildman–Crippen LogP) is 2.68. The fourth-order valence-electron chi connectivity index (χ4n) is 1.87. The first-order chi connectivity index (χ1) is 9.90. The van der Waals surface area contributed by atoms with Crippen molar-refractivity contribution in [3.05, 3.63) is 57.3 Å². The van der Waals surface area contributed by atoms with Crippen LogP contribution in [0, 0.1) is 29.4 Å². The van der Waals surface area contributed by atoms with Gasteiger partial charge < -0.3 is 10.5 Å². The van der Waals surface area contributed by atoms with E-state index in [2.05, 4.69) is 4.98 Å². The molecule has 1 aromatic carbocycles. The Hall–Kier alpha value is -2.96. The van der Waals surface area contributed by atoms with E-state index in [4.69, 9.17) is 15.9 Å². The lowest BCUT2D eigenvalue weighted by molar-refractivity contribution is -0.386. The zero-order chi connectivity index (χ0) is 15.6. The monoisotopic (exact) mass is 286 g/mol. The van der Waals surface area contributed by atoms with Crippen molar-refractivity contribution in [2.75, 3.05) is 0 Å². The Morgan fingerprint density at radius 2 is 2.05 bits per heavy atom. The van der Waals surface area contributed by atoms with Gasteiger partial charge in [0.25, 0.3) is 0 Å². The highest BCUT2D eigenvalue weighted by Crippen LogP contribution is 2.34. The Labute approximate surface area is 121 Å². The van der Waals surface area contributed by atoms with E-state index in [1.807, 2.05) is 0 Å². The largest absolute Gasteiger partial charge is 0.431 e. The molecule has 0 saturated carbocycles. The zero-order valence-corrected chi connectivity index (χ0v) is 11.6. The second-order valence-electron chi connectivity index (χ2n) is 4.50. The summed E-state index contributed by atoms with van der Waals surface area (Å²) in [5, 5.41) is 18.7. The van der Waals surface area contributed by atoms with Gasteiger partial charge in [-0.05, 0) is 32.0 Å². The molecule has 108 valence electrons. The number of hydrogen-bond donors (Lipinski definition) is 2. The van der Waals surface area contributed by atoms with Crippen LogP contribution in [0.25, 0.3) is 0 Å². The van der Waals surface area contributed by atoms with E-state index in [0.29, 0.717) is 11.3 Å². The highest BCUT2D eigenvalue weighted by atomic mass is 16.6. The van der Waals surface area contributed by atoms with Crippen molar-refractivity contribution in [1.29, 1.82) is 5.41 Å². The Bertz CT molecular complexity index is 728. The van der Waals surface area contributed by atoms with Crippen molar-refractivity contribution in [3.63, 3.8) is 0 Å². The third kappa shape index (κ3) is 2.97. The van der Waals surface area contributed by atoms with E-state index in [1.54, 1.807) is 38.1 Å². The molecule has 0 unspecified atom stereocenters. The van der Waals surface area contributed by atoms with Gasteiger partial charge in [-0.1, -0.05) is 12.1 Å². The maximum atomic E-state index is 11.2. The lowest BCUT2D eigenvalue weighted by Gasteiger charge is -2.10. The van der Waals surface area contributed by atoms with Crippen molar-refractivity contribution < 1.29 is 9.66 Å². The predicted molar refractivity (Wildman–Crippen MR) is 77.9 cm³/mol. The van der Waals surface area contributed by atoms with Crippen LogP contribution in [-0.4, -0.2) is 15.7 Å². The van der Waals surface area contributed by atoms with Gasteiger partial charge in [0.05, 0.1) is 10.5 Å². The number of hydrogen-bond acceptors (Lipinski definition) is 5. The third-order valence-electron chi connectivity index (χ3n) is 2.88. The molecule has 21 heavy (non-hydrogen) atoms. The van der Waals surface area contributed by atoms with E-state index in [1.165, 1.54) is 6.07 Å². The average molecular weight is 286 g/mol. The smallest absolute Gasteiger partial charge is 0.314 e. The minimum absolute atomic E-state index is 0.0700. The van der Waals surface area contributed by atoms with Crippen LogP contribution in [0.3, 0.4) is 0 Å². The summed E-state index contributed by atoms with van der Waals surface area (Å²) in [4.78, 5) is 14.8. The molecule has 3 N–H and O–H groups in total. The molecular formula is C14H14N4O3. The number of pyridine rings is 1. The number of aryl methyl sites for hydroxylation is 2. The molecule has 0 aliphatic heterocycles. The Kier molecular flexibility index (Phi) is 3.84. The molecule has 0 radical (unpaired) electrons. The summed E-state index contributed by atoms with van der Waals surface area (Å²) in [5.41, 5.74) is 6.77. The summed E-state index contributed by atoms with van der Waals surface area (Å²) < 4.78 is 5.55. The number of nitrogens with two attached hydrogens (primary N) is 1. The first kappa shape index (κ1) is 14.4. The van der Waals surface area contributed by atoms with Gasteiger partial charge in [0, 0.05) is 11.3 Å². The van der Waals surface area contributed by atoms with Crippen LogP contribution >= 0.6 is 0 Å². The number of rotatable bonds is 4. The topological polar surface area (TPSA) is 115 Å². The molecule has 2 aromatic rings.